The normalized spacial score (nSPS) is 20.7. The molecule has 0 saturated carbocycles. The van der Waals surface area contributed by atoms with Gasteiger partial charge in [-0.15, -0.1) is 0 Å². The number of methoxy groups -OCH3 is 3. The van der Waals surface area contributed by atoms with Crippen LogP contribution in [-0.2, 0) is 0 Å². The summed E-state index contributed by atoms with van der Waals surface area (Å²) in [7, 11) is 4.59. The van der Waals surface area contributed by atoms with Crippen molar-refractivity contribution < 1.29 is 19.0 Å². The van der Waals surface area contributed by atoms with Crippen LogP contribution in [-0.4, -0.2) is 46.9 Å². The summed E-state index contributed by atoms with van der Waals surface area (Å²) < 4.78 is 15.9. The summed E-state index contributed by atoms with van der Waals surface area (Å²) in [6.07, 6.45) is 2.23. The molecule has 1 unspecified atom stereocenters. The second kappa shape index (κ2) is 7.55. The first-order chi connectivity index (χ1) is 11.0. The molecule has 1 saturated heterocycles. The van der Waals surface area contributed by atoms with E-state index in [0.717, 1.165) is 25.9 Å². The molecule has 1 aliphatic rings. The zero-order valence-electron chi connectivity index (χ0n) is 14.3. The van der Waals surface area contributed by atoms with Crippen molar-refractivity contribution in [2.45, 2.75) is 19.8 Å². The molecule has 23 heavy (non-hydrogen) atoms. The van der Waals surface area contributed by atoms with E-state index in [0.29, 0.717) is 29.4 Å². The third-order valence-electron chi connectivity index (χ3n) is 4.31. The van der Waals surface area contributed by atoms with Crippen molar-refractivity contribution in [1.29, 1.82) is 0 Å². The van der Waals surface area contributed by atoms with Crippen LogP contribution in [0.15, 0.2) is 12.1 Å². The Labute approximate surface area is 137 Å². The Morgan fingerprint density at radius 1 is 1.22 bits per heavy atom. The van der Waals surface area contributed by atoms with Gasteiger partial charge in [0.15, 0.2) is 11.5 Å². The predicted molar refractivity (Wildman–Crippen MR) is 88.6 cm³/mol. The summed E-state index contributed by atoms with van der Waals surface area (Å²) in [4.78, 5) is 12.6. The molecular weight excluding hydrogens is 296 g/mol. The zero-order valence-corrected chi connectivity index (χ0v) is 14.3. The number of carbonyl (C=O) groups excluding carboxylic acids is 1. The van der Waals surface area contributed by atoms with Crippen LogP contribution in [0.1, 0.15) is 30.1 Å². The second-order valence-corrected chi connectivity index (χ2v) is 6.16. The van der Waals surface area contributed by atoms with Gasteiger partial charge >= 0.3 is 0 Å². The summed E-state index contributed by atoms with van der Waals surface area (Å²) in [6, 6.07) is 3.40. The number of amides is 1. The highest BCUT2D eigenvalue weighted by atomic mass is 16.5. The van der Waals surface area contributed by atoms with E-state index in [-0.39, 0.29) is 11.3 Å². The maximum absolute atomic E-state index is 12.6. The topological polar surface area (TPSA) is 68.8 Å². The van der Waals surface area contributed by atoms with Gasteiger partial charge in [-0.05, 0) is 36.9 Å². The average molecular weight is 322 g/mol. The molecule has 1 heterocycles. The van der Waals surface area contributed by atoms with Crippen LogP contribution in [0.3, 0.4) is 0 Å². The minimum Gasteiger partial charge on any atom is -0.493 e. The van der Waals surface area contributed by atoms with E-state index in [1.807, 2.05) is 0 Å². The molecule has 2 N–H and O–H groups in total. The van der Waals surface area contributed by atoms with E-state index >= 15 is 0 Å². The number of ether oxygens (including phenoxy) is 3. The van der Waals surface area contributed by atoms with Crippen molar-refractivity contribution in [3.05, 3.63) is 17.7 Å². The van der Waals surface area contributed by atoms with Crippen molar-refractivity contribution >= 4 is 5.91 Å². The van der Waals surface area contributed by atoms with Gasteiger partial charge in [-0.2, -0.15) is 0 Å². The van der Waals surface area contributed by atoms with Crippen LogP contribution < -0.4 is 24.8 Å². The molecular formula is C17H26N2O4. The molecule has 1 amide bonds. The van der Waals surface area contributed by atoms with Crippen molar-refractivity contribution in [2.24, 2.45) is 5.41 Å². The third kappa shape index (κ3) is 3.88. The van der Waals surface area contributed by atoms with Gasteiger partial charge in [0, 0.05) is 13.1 Å². The summed E-state index contributed by atoms with van der Waals surface area (Å²) >= 11 is 0. The molecule has 6 nitrogen and oxygen atoms in total. The Morgan fingerprint density at radius 3 is 2.52 bits per heavy atom. The molecule has 1 aliphatic heterocycles. The van der Waals surface area contributed by atoms with Gasteiger partial charge in [-0.25, -0.2) is 0 Å². The first-order valence-corrected chi connectivity index (χ1v) is 7.82. The molecule has 0 spiro atoms. The smallest absolute Gasteiger partial charge is 0.255 e. The number of hydrogen-bond donors (Lipinski definition) is 2. The molecule has 1 fully saturated rings. The molecule has 0 bridgehead atoms. The maximum atomic E-state index is 12.6. The van der Waals surface area contributed by atoms with E-state index in [4.69, 9.17) is 14.2 Å². The van der Waals surface area contributed by atoms with Crippen LogP contribution in [0.4, 0.5) is 0 Å². The monoisotopic (exact) mass is 322 g/mol. The first-order valence-electron chi connectivity index (χ1n) is 7.82. The summed E-state index contributed by atoms with van der Waals surface area (Å²) in [5, 5.41) is 6.40. The quantitative estimate of drug-likeness (QED) is 0.836. The molecule has 0 aromatic heterocycles. The SMILES string of the molecule is COc1ccc(C(=O)NCC2(C)CCCNC2)c(OC)c1OC. The van der Waals surface area contributed by atoms with E-state index < -0.39 is 0 Å². The molecule has 1 aromatic carbocycles. The summed E-state index contributed by atoms with van der Waals surface area (Å²) in [6.45, 7) is 4.77. The maximum Gasteiger partial charge on any atom is 0.255 e. The summed E-state index contributed by atoms with van der Waals surface area (Å²) in [5.41, 5.74) is 0.523. The van der Waals surface area contributed by atoms with Crippen LogP contribution in [0.2, 0.25) is 0 Å². The highest BCUT2D eigenvalue weighted by Gasteiger charge is 2.28. The van der Waals surface area contributed by atoms with Gasteiger partial charge in [0.05, 0.1) is 26.9 Å². The lowest BCUT2D eigenvalue weighted by molar-refractivity contribution is 0.0921. The number of carbonyl (C=O) groups is 1. The molecule has 1 atom stereocenters. The zero-order chi connectivity index (χ0) is 16.9. The first kappa shape index (κ1) is 17.4. The number of piperidine rings is 1. The van der Waals surface area contributed by atoms with Crippen LogP contribution in [0.5, 0.6) is 17.2 Å². The lowest BCUT2D eigenvalue weighted by Gasteiger charge is -2.34. The highest BCUT2D eigenvalue weighted by molar-refractivity contribution is 5.98. The van der Waals surface area contributed by atoms with Crippen molar-refractivity contribution in [3.63, 3.8) is 0 Å². The number of benzene rings is 1. The molecule has 1 aromatic rings. The fraction of sp³-hybridized carbons (Fsp3) is 0.588. The fourth-order valence-electron chi connectivity index (χ4n) is 2.94. The van der Waals surface area contributed by atoms with E-state index in [1.54, 1.807) is 19.2 Å². The summed E-state index contributed by atoms with van der Waals surface area (Å²) in [5.74, 6) is 1.17. The number of nitrogens with one attached hydrogen (secondary N) is 2. The lowest BCUT2D eigenvalue weighted by atomic mass is 9.83. The van der Waals surface area contributed by atoms with Crippen LogP contribution in [0, 0.1) is 5.41 Å². The molecule has 128 valence electrons. The Bertz CT molecular complexity index is 554. The van der Waals surface area contributed by atoms with E-state index in [1.165, 1.54) is 14.2 Å². The Balaban J connectivity index is 2.15. The van der Waals surface area contributed by atoms with Gasteiger partial charge in [0.2, 0.25) is 5.75 Å². The molecule has 6 heteroatoms. The van der Waals surface area contributed by atoms with Gasteiger partial charge in [0.1, 0.15) is 0 Å². The van der Waals surface area contributed by atoms with Gasteiger partial charge in [-0.3, -0.25) is 4.79 Å². The largest absolute Gasteiger partial charge is 0.493 e. The Kier molecular flexibility index (Phi) is 5.71. The molecule has 0 aliphatic carbocycles. The second-order valence-electron chi connectivity index (χ2n) is 6.16. The van der Waals surface area contributed by atoms with E-state index in [9.17, 15) is 4.79 Å². The highest BCUT2D eigenvalue weighted by Crippen LogP contribution is 2.39. The average Bonchev–Trinajstić information content (AvgIpc) is 2.58. The molecule has 2 rings (SSSR count). The van der Waals surface area contributed by atoms with Crippen LogP contribution in [0.25, 0.3) is 0 Å². The van der Waals surface area contributed by atoms with Crippen molar-refractivity contribution in [2.75, 3.05) is 41.0 Å². The number of hydrogen-bond acceptors (Lipinski definition) is 5. The minimum atomic E-state index is -0.172. The Hall–Kier alpha value is -1.95. The van der Waals surface area contributed by atoms with Crippen LogP contribution >= 0.6 is 0 Å². The fourth-order valence-corrected chi connectivity index (χ4v) is 2.94. The Morgan fingerprint density at radius 2 is 1.96 bits per heavy atom. The van der Waals surface area contributed by atoms with E-state index in [2.05, 4.69) is 17.6 Å². The predicted octanol–water partition coefficient (Wildman–Crippen LogP) is 1.83. The van der Waals surface area contributed by atoms with Crippen molar-refractivity contribution in [3.8, 4) is 17.2 Å². The molecule has 0 radical (unpaired) electrons. The third-order valence-corrected chi connectivity index (χ3v) is 4.31. The van der Waals surface area contributed by atoms with Crippen molar-refractivity contribution in [1.82, 2.24) is 10.6 Å². The standard InChI is InChI=1S/C17H26N2O4/c1-17(8-5-9-18-10-17)11-19-16(20)12-6-7-13(21-2)15(23-4)14(12)22-3/h6-7,18H,5,8-11H2,1-4H3,(H,19,20). The minimum absolute atomic E-state index is 0.0811. The van der Waals surface area contributed by atoms with Gasteiger partial charge in [-0.1, -0.05) is 6.92 Å². The lowest BCUT2D eigenvalue weighted by Crippen LogP contribution is -2.45. The van der Waals surface area contributed by atoms with Gasteiger partial charge in [0.25, 0.3) is 5.91 Å². The van der Waals surface area contributed by atoms with Gasteiger partial charge < -0.3 is 24.8 Å². The number of rotatable bonds is 6.